The number of nitrogens with two attached hydrogens (primary N) is 1. The van der Waals surface area contributed by atoms with E-state index in [-0.39, 0.29) is 18.1 Å². The maximum Gasteiger partial charge on any atom is 0.260 e. The number of aromatic nitrogens is 3. The van der Waals surface area contributed by atoms with Gasteiger partial charge in [-0.2, -0.15) is 5.10 Å². The molecule has 4 N–H and O–H groups in total. The molecule has 0 radical (unpaired) electrons. The summed E-state index contributed by atoms with van der Waals surface area (Å²) in [6, 6.07) is 5.44. The molecule has 0 aliphatic heterocycles. The van der Waals surface area contributed by atoms with Crippen LogP contribution in [0.5, 0.6) is 0 Å². The van der Waals surface area contributed by atoms with Gasteiger partial charge in [0.05, 0.1) is 12.2 Å². The third-order valence-corrected chi connectivity index (χ3v) is 4.26. The Morgan fingerprint density at radius 3 is 2.75 bits per heavy atom. The largest absolute Gasteiger partial charge is 0.326 e. The molecule has 2 heterocycles. The number of aromatic amines is 1. The molecule has 7 nitrogen and oxygen atoms in total. The molecule has 0 saturated carbocycles. The zero-order chi connectivity index (χ0) is 14.8. The van der Waals surface area contributed by atoms with E-state index in [4.69, 9.17) is 5.73 Å². The highest BCUT2D eigenvalue weighted by Gasteiger charge is 2.22. The third-order valence-electron chi connectivity index (χ3n) is 2.88. The van der Waals surface area contributed by atoms with Gasteiger partial charge in [-0.15, -0.1) is 0 Å². The Morgan fingerprint density at radius 2 is 2.10 bits per heavy atom. The van der Waals surface area contributed by atoms with E-state index in [9.17, 15) is 8.42 Å². The molecule has 0 saturated heterocycles. The van der Waals surface area contributed by atoms with Crippen LogP contribution in [0.3, 0.4) is 0 Å². The lowest BCUT2D eigenvalue weighted by molar-refractivity contribution is 0.574. The van der Waals surface area contributed by atoms with E-state index in [1.54, 1.807) is 13.0 Å². The van der Waals surface area contributed by atoms with Crippen molar-refractivity contribution in [1.29, 1.82) is 0 Å². The van der Waals surface area contributed by atoms with Crippen molar-refractivity contribution in [3.63, 3.8) is 0 Å². The molecule has 0 fully saturated rings. The van der Waals surface area contributed by atoms with E-state index in [1.165, 1.54) is 0 Å². The minimum atomic E-state index is -3.71. The number of sulfonamides is 1. The minimum Gasteiger partial charge on any atom is -0.326 e. The molecule has 2 aromatic rings. The summed E-state index contributed by atoms with van der Waals surface area (Å²) in [4.78, 5) is 4.24. The molecular formula is C12H17N5O2S. The molecule has 0 aromatic carbocycles. The Balaban J connectivity index is 2.19. The fourth-order valence-electron chi connectivity index (χ4n) is 1.83. The second kappa shape index (κ2) is 5.70. The first-order valence-electron chi connectivity index (χ1n) is 6.10. The Bertz CT molecular complexity index is 708. The maximum atomic E-state index is 12.2. The van der Waals surface area contributed by atoms with Crippen molar-refractivity contribution in [2.24, 2.45) is 5.73 Å². The van der Waals surface area contributed by atoms with Gasteiger partial charge < -0.3 is 5.73 Å². The highest BCUT2D eigenvalue weighted by Crippen LogP contribution is 2.15. The summed E-state index contributed by atoms with van der Waals surface area (Å²) in [5, 5.41) is 6.40. The van der Waals surface area contributed by atoms with Gasteiger partial charge in [0.15, 0.2) is 5.03 Å². The lowest BCUT2D eigenvalue weighted by Crippen LogP contribution is -2.25. The third kappa shape index (κ3) is 3.03. The predicted octanol–water partition coefficient (Wildman–Crippen LogP) is 0.359. The van der Waals surface area contributed by atoms with Crippen molar-refractivity contribution < 1.29 is 8.42 Å². The average molecular weight is 295 g/mol. The van der Waals surface area contributed by atoms with Crippen LogP contribution in [-0.4, -0.2) is 23.6 Å². The summed E-state index contributed by atoms with van der Waals surface area (Å²) in [6.07, 6.45) is 0. The van der Waals surface area contributed by atoms with E-state index < -0.39 is 10.0 Å². The van der Waals surface area contributed by atoms with Gasteiger partial charge in [0.2, 0.25) is 0 Å². The highest BCUT2D eigenvalue weighted by atomic mass is 32.2. The van der Waals surface area contributed by atoms with Crippen molar-refractivity contribution in [1.82, 2.24) is 19.9 Å². The zero-order valence-corrected chi connectivity index (χ0v) is 12.2. The number of H-pyrrole nitrogens is 1. The van der Waals surface area contributed by atoms with Crippen LogP contribution in [0.25, 0.3) is 0 Å². The van der Waals surface area contributed by atoms with Gasteiger partial charge in [-0.3, -0.25) is 10.1 Å². The van der Waals surface area contributed by atoms with E-state index >= 15 is 0 Å². The van der Waals surface area contributed by atoms with Gasteiger partial charge in [0.25, 0.3) is 10.0 Å². The number of nitrogens with zero attached hydrogens (tertiary/aromatic N) is 2. The molecule has 2 rings (SSSR count). The SMILES string of the molecule is Cc1cccc(CNS(=O)(=O)c2n[nH]c(C)c2CN)n1. The molecule has 8 heteroatoms. The van der Waals surface area contributed by atoms with Crippen LogP contribution in [0.15, 0.2) is 23.2 Å². The quantitative estimate of drug-likeness (QED) is 0.737. The van der Waals surface area contributed by atoms with Gasteiger partial charge in [0, 0.05) is 23.5 Å². The second-order valence-electron chi connectivity index (χ2n) is 4.43. The fraction of sp³-hybridized carbons (Fsp3) is 0.333. The average Bonchev–Trinajstić information content (AvgIpc) is 2.78. The Kier molecular flexibility index (Phi) is 4.17. The van der Waals surface area contributed by atoms with E-state index in [2.05, 4.69) is 19.9 Å². The predicted molar refractivity (Wildman–Crippen MR) is 74.2 cm³/mol. The van der Waals surface area contributed by atoms with Crippen LogP contribution in [0.4, 0.5) is 0 Å². The molecule has 0 amide bonds. The van der Waals surface area contributed by atoms with Crippen molar-refractivity contribution in [2.45, 2.75) is 32.0 Å². The van der Waals surface area contributed by atoms with Crippen LogP contribution < -0.4 is 10.5 Å². The normalized spacial score (nSPS) is 11.8. The first-order valence-corrected chi connectivity index (χ1v) is 7.58. The molecule has 0 spiro atoms. The highest BCUT2D eigenvalue weighted by molar-refractivity contribution is 7.89. The Morgan fingerprint density at radius 1 is 1.35 bits per heavy atom. The molecular weight excluding hydrogens is 278 g/mol. The smallest absolute Gasteiger partial charge is 0.260 e. The number of hydrogen-bond donors (Lipinski definition) is 3. The molecule has 0 atom stereocenters. The first-order chi connectivity index (χ1) is 9.44. The van der Waals surface area contributed by atoms with Crippen LogP contribution in [0.1, 0.15) is 22.6 Å². The molecule has 20 heavy (non-hydrogen) atoms. The van der Waals surface area contributed by atoms with E-state index in [0.29, 0.717) is 17.0 Å². The summed E-state index contributed by atoms with van der Waals surface area (Å²) in [5.41, 5.74) is 8.19. The Labute approximate surface area is 117 Å². The summed E-state index contributed by atoms with van der Waals surface area (Å²) in [7, 11) is -3.71. The maximum absolute atomic E-state index is 12.2. The fourth-order valence-corrected chi connectivity index (χ4v) is 3.03. The summed E-state index contributed by atoms with van der Waals surface area (Å²) >= 11 is 0. The lowest BCUT2D eigenvalue weighted by atomic mass is 10.3. The van der Waals surface area contributed by atoms with Crippen LogP contribution in [0.2, 0.25) is 0 Å². The standard InChI is InChI=1S/C12H17N5O2S/c1-8-4-3-5-10(15-8)7-14-20(18,19)12-11(6-13)9(2)16-17-12/h3-5,14H,6-7,13H2,1-2H3,(H,16,17). The van der Waals surface area contributed by atoms with Gasteiger partial charge in [-0.05, 0) is 26.0 Å². The van der Waals surface area contributed by atoms with Gasteiger partial charge in [-0.25, -0.2) is 13.1 Å². The van der Waals surface area contributed by atoms with Gasteiger partial charge in [0.1, 0.15) is 0 Å². The Hall–Kier alpha value is -1.77. The molecule has 2 aromatic heterocycles. The zero-order valence-electron chi connectivity index (χ0n) is 11.3. The van der Waals surface area contributed by atoms with Crippen molar-refractivity contribution >= 4 is 10.0 Å². The van der Waals surface area contributed by atoms with Gasteiger partial charge in [-0.1, -0.05) is 6.07 Å². The monoisotopic (exact) mass is 295 g/mol. The molecule has 0 aliphatic carbocycles. The van der Waals surface area contributed by atoms with Crippen LogP contribution in [0, 0.1) is 13.8 Å². The second-order valence-corrected chi connectivity index (χ2v) is 6.11. The number of aryl methyl sites for hydroxylation is 2. The van der Waals surface area contributed by atoms with Gasteiger partial charge >= 0.3 is 0 Å². The topological polar surface area (TPSA) is 114 Å². The summed E-state index contributed by atoms with van der Waals surface area (Å²) in [6.45, 7) is 3.80. The molecule has 108 valence electrons. The molecule has 0 bridgehead atoms. The number of hydrogen-bond acceptors (Lipinski definition) is 5. The van der Waals surface area contributed by atoms with Crippen molar-refractivity contribution in [2.75, 3.05) is 0 Å². The van der Waals surface area contributed by atoms with Crippen LogP contribution in [-0.2, 0) is 23.1 Å². The molecule has 0 aliphatic rings. The number of rotatable bonds is 5. The lowest BCUT2D eigenvalue weighted by Gasteiger charge is -2.06. The molecule has 0 unspecified atom stereocenters. The summed E-state index contributed by atoms with van der Waals surface area (Å²) in [5.74, 6) is 0. The number of nitrogens with one attached hydrogen (secondary N) is 2. The minimum absolute atomic E-state index is 0.0508. The summed E-state index contributed by atoms with van der Waals surface area (Å²) < 4.78 is 26.9. The first kappa shape index (κ1) is 14.6. The van der Waals surface area contributed by atoms with Crippen molar-refractivity contribution in [3.05, 3.63) is 40.8 Å². The number of pyridine rings is 1. The van der Waals surface area contributed by atoms with E-state index in [0.717, 1.165) is 5.69 Å². The van der Waals surface area contributed by atoms with E-state index in [1.807, 2.05) is 19.1 Å². The van der Waals surface area contributed by atoms with Crippen molar-refractivity contribution in [3.8, 4) is 0 Å². The van der Waals surface area contributed by atoms with Crippen LogP contribution >= 0.6 is 0 Å².